The molecule has 2 aromatic heterocycles. The number of hydrogen-bond acceptors (Lipinski definition) is 5. The van der Waals surface area contributed by atoms with Gasteiger partial charge in [-0.15, -0.1) is 0 Å². The molecule has 8 heteroatoms. The van der Waals surface area contributed by atoms with E-state index in [2.05, 4.69) is 53.2 Å². The summed E-state index contributed by atoms with van der Waals surface area (Å²) in [6, 6.07) is 22.4. The monoisotopic (exact) mass is 530 g/mol. The standard InChI is InChI=1S/C30H35ClN6O/c1-3-16-34(4-2)24-14-12-23(13-15-24)29-30(37-17-8-7-11-27(37)33-29)32-22-28(38)36-20-18-35(19-21-36)26-10-6-5-9-25(26)31/h5-15,17,32H,3-4,16,18-22H2,1-2H3. The van der Waals surface area contributed by atoms with Crippen LogP contribution in [-0.2, 0) is 4.79 Å². The average Bonchev–Trinajstić information content (AvgIpc) is 3.33. The van der Waals surface area contributed by atoms with Crippen molar-refractivity contribution in [3.63, 3.8) is 0 Å². The van der Waals surface area contributed by atoms with Crippen LogP contribution >= 0.6 is 11.6 Å². The van der Waals surface area contributed by atoms with E-state index >= 15 is 0 Å². The van der Waals surface area contributed by atoms with E-state index in [1.165, 1.54) is 5.69 Å². The molecule has 0 aliphatic carbocycles. The second-order valence-corrected chi connectivity index (χ2v) is 9.94. The summed E-state index contributed by atoms with van der Waals surface area (Å²) in [7, 11) is 0. The van der Waals surface area contributed by atoms with Gasteiger partial charge in [-0.3, -0.25) is 9.20 Å². The molecule has 0 atom stereocenters. The molecule has 1 fully saturated rings. The quantitative estimate of drug-likeness (QED) is 0.303. The first-order valence-electron chi connectivity index (χ1n) is 13.4. The molecule has 3 heterocycles. The van der Waals surface area contributed by atoms with E-state index < -0.39 is 0 Å². The lowest BCUT2D eigenvalue weighted by Crippen LogP contribution is -2.50. The highest BCUT2D eigenvalue weighted by atomic mass is 35.5. The van der Waals surface area contributed by atoms with Gasteiger partial charge >= 0.3 is 0 Å². The molecule has 1 aliphatic rings. The van der Waals surface area contributed by atoms with Gasteiger partial charge in [-0.25, -0.2) is 4.98 Å². The summed E-state index contributed by atoms with van der Waals surface area (Å²) in [4.78, 5) is 24.6. The smallest absolute Gasteiger partial charge is 0.242 e. The molecule has 38 heavy (non-hydrogen) atoms. The molecule has 0 saturated carbocycles. The zero-order chi connectivity index (χ0) is 26.5. The van der Waals surface area contributed by atoms with Gasteiger partial charge in [0.1, 0.15) is 17.2 Å². The van der Waals surface area contributed by atoms with Crippen molar-refractivity contribution in [2.45, 2.75) is 20.3 Å². The fraction of sp³-hybridized carbons (Fsp3) is 0.333. The normalized spacial score (nSPS) is 13.7. The molecule has 7 nitrogen and oxygen atoms in total. The van der Waals surface area contributed by atoms with Crippen molar-refractivity contribution in [3.8, 4) is 11.3 Å². The molecule has 1 amide bonds. The Labute approximate surface area is 229 Å². The number of rotatable bonds is 9. The van der Waals surface area contributed by atoms with Gasteiger partial charge in [0.2, 0.25) is 5.91 Å². The fourth-order valence-electron chi connectivity index (χ4n) is 5.11. The van der Waals surface area contributed by atoms with Crippen LogP contribution < -0.4 is 15.1 Å². The van der Waals surface area contributed by atoms with E-state index in [0.29, 0.717) is 13.1 Å². The van der Waals surface area contributed by atoms with Crippen LogP contribution in [0.15, 0.2) is 72.9 Å². The Bertz CT molecular complexity index is 1380. The SMILES string of the molecule is CCCN(CC)c1ccc(-c2nc3ccccn3c2NCC(=O)N2CCN(c3ccccc3Cl)CC2)cc1. The number of nitrogens with one attached hydrogen (secondary N) is 1. The molecule has 1 saturated heterocycles. The summed E-state index contributed by atoms with van der Waals surface area (Å²) in [6.45, 7) is 9.45. The summed E-state index contributed by atoms with van der Waals surface area (Å²) in [5.41, 5.74) is 4.95. The van der Waals surface area contributed by atoms with Gasteiger partial charge in [0.15, 0.2) is 0 Å². The Morgan fingerprint density at radius 3 is 2.42 bits per heavy atom. The predicted octanol–water partition coefficient (Wildman–Crippen LogP) is 5.65. The molecule has 5 rings (SSSR count). The van der Waals surface area contributed by atoms with Gasteiger partial charge < -0.3 is 20.0 Å². The lowest BCUT2D eigenvalue weighted by molar-refractivity contribution is -0.129. The maximum atomic E-state index is 13.2. The van der Waals surface area contributed by atoms with Crippen molar-refractivity contribution in [1.29, 1.82) is 0 Å². The first-order valence-corrected chi connectivity index (χ1v) is 13.8. The largest absolute Gasteiger partial charge is 0.372 e. The van der Waals surface area contributed by atoms with Gasteiger partial charge in [0, 0.05) is 56.7 Å². The van der Waals surface area contributed by atoms with Gasteiger partial charge in [0.25, 0.3) is 0 Å². The lowest BCUT2D eigenvalue weighted by Gasteiger charge is -2.36. The second kappa shape index (κ2) is 11.8. The summed E-state index contributed by atoms with van der Waals surface area (Å²) < 4.78 is 2.02. The second-order valence-electron chi connectivity index (χ2n) is 9.54. The Kier molecular flexibility index (Phi) is 8.03. The average molecular weight is 531 g/mol. The van der Waals surface area contributed by atoms with Crippen LogP contribution in [-0.4, -0.2) is 66.0 Å². The summed E-state index contributed by atoms with van der Waals surface area (Å²) >= 11 is 6.38. The molecular weight excluding hydrogens is 496 g/mol. The van der Waals surface area contributed by atoms with Gasteiger partial charge in [-0.1, -0.05) is 48.9 Å². The number of carbonyl (C=O) groups excluding carboxylic acids is 1. The Morgan fingerprint density at radius 1 is 0.974 bits per heavy atom. The molecule has 0 radical (unpaired) electrons. The molecule has 0 bridgehead atoms. The van der Waals surface area contributed by atoms with Crippen molar-refractivity contribution in [1.82, 2.24) is 14.3 Å². The first kappa shape index (κ1) is 25.9. The van der Waals surface area contributed by atoms with Crippen LogP contribution in [0.3, 0.4) is 0 Å². The number of piperazine rings is 1. The van der Waals surface area contributed by atoms with Crippen molar-refractivity contribution < 1.29 is 4.79 Å². The predicted molar refractivity (Wildman–Crippen MR) is 158 cm³/mol. The number of nitrogens with zero attached hydrogens (tertiary/aromatic N) is 5. The number of fused-ring (bicyclic) bond motifs is 1. The van der Waals surface area contributed by atoms with Crippen LogP contribution in [0.1, 0.15) is 20.3 Å². The van der Waals surface area contributed by atoms with Crippen molar-refractivity contribution in [2.24, 2.45) is 0 Å². The number of hydrogen-bond donors (Lipinski definition) is 1. The number of imidazole rings is 1. The molecule has 1 N–H and O–H groups in total. The number of benzene rings is 2. The third-order valence-corrected chi connectivity index (χ3v) is 7.46. The number of pyridine rings is 1. The van der Waals surface area contributed by atoms with E-state index in [9.17, 15) is 4.79 Å². The molecule has 198 valence electrons. The van der Waals surface area contributed by atoms with Crippen LogP contribution in [0.2, 0.25) is 5.02 Å². The van der Waals surface area contributed by atoms with Gasteiger partial charge in [-0.2, -0.15) is 0 Å². The number of aromatic nitrogens is 2. The molecular formula is C30H35ClN6O. The lowest BCUT2D eigenvalue weighted by atomic mass is 10.1. The van der Waals surface area contributed by atoms with Crippen molar-refractivity contribution in [3.05, 3.63) is 77.9 Å². The van der Waals surface area contributed by atoms with E-state index in [1.54, 1.807) is 0 Å². The van der Waals surface area contributed by atoms with E-state index in [-0.39, 0.29) is 12.5 Å². The third-order valence-electron chi connectivity index (χ3n) is 7.14. The third kappa shape index (κ3) is 5.43. The molecule has 4 aromatic rings. The Balaban J connectivity index is 1.29. The molecule has 2 aromatic carbocycles. The van der Waals surface area contributed by atoms with Crippen molar-refractivity contribution in [2.75, 3.05) is 60.9 Å². The zero-order valence-electron chi connectivity index (χ0n) is 22.1. The topological polar surface area (TPSA) is 56.1 Å². The zero-order valence-corrected chi connectivity index (χ0v) is 22.9. The highest BCUT2D eigenvalue weighted by Gasteiger charge is 2.23. The number of amides is 1. The van der Waals surface area contributed by atoms with Crippen molar-refractivity contribution >= 4 is 40.3 Å². The number of para-hydroxylation sites is 1. The highest BCUT2D eigenvalue weighted by Crippen LogP contribution is 2.31. The first-order chi connectivity index (χ1) is 18.6. The van der Waals surface area contributed by atoms with E-state index in [4.69, 9.17) is 16.6 Å². The fourth-order valence-corrected chi connectivity index (χ4v) is 5.37. The minimum absolute atomic E-state index is 0.0779. The van der Waals surface area contributed by atoms with Crippen LogP contribution in [0.25, 0.3) is 16.9 Å². The van der Waals surface area contributed by atoms with E-state index in [0.717, 1.165) is 66.0 Å². The van der Waals surface area contributed by atoms with Crippen LogP contribution in [0.5, 0.6) is 0 Å². The van der Waals surface area contributed by atoms with E-state index in [1.807, 2.05) is 58.0 Å². The van der Waals surface area contributed by atoms with Gasteiger partial charge in [-0.05, 0) is 49.7 Å². The maximum Gasteiger partial charge on any atom is 0.242 e. The number of anilines is 3. The maximum absolute atomic E-state index is 13.2. The Morgan fingerprint density at radius 2 is 1.71 bits per heavy atom. The minimum atomic E-state index is 0.0779. The van der Waals surface area contributed by atoms with Gasteiger partial charge in [0.05, 0.1) is 17.3 Å². The molecule has 0 spiro atoms. The highest BCUT2D eigenvalue weighted by molar-refractivity contribution is 6.33. The summed E-state index contributed by atoms with van der Waals surface area (Å²) in [6.07, 6.45) is 3.09. The van der Waals surface area contributed by atoms with Crippen LogP contribution in [0, 0.1) is 0 Å². The Hall–Kier alpha value is -3.71. The van der Waals surface area contributed by atoms with Crippen LogP contribution in [0.4, 0.5) is 17.2 Å². The summed E-state index contributed by atoms with van der Waals surface area (Å²) in [5.74, 6) is 0.909. The molecule has 1 aliphatic heterocycles. The minimum Gasteiger partial charge on any atom is -0.372 e. The number of carbonyl (C=O) groups is 1. The molecule has 0 unspecified atom stereocenters. The summed E-state index contributed by atoms with van der Waals surface area (Å²) in [5, 5.41) is 4.16. The number of halogens is 1.